The maximum Gasteiger partial charge on any atom is 0.339 e. The molecule has 5 rings (SSSR count). The third kappa shape index (κ3) is 3.05. The van der Waals surface area contributed by atoms with Crippen molar-refractivity contribution in [2.24, 2.45) is 0 Å². The first-order chi connectivity index (χ1) is 13.7. The zero-order valence-corrected chi connectivity index (χ0v) is 15.2. The van der Waals surface area contributed by atoms with Gasteiger partial charge in [-0.05, 0) is 25.8 Å². The zero-order valence-electron chi connectivity index (χ0n) is 15.2. The van der Waals surface area contributed by atoms with E-state index >= 15 is 0 Å². The monoisotopic (exact) mass is 375 g/mol. The molecule has 0 aliphatic heterocycles. The van der Waals surface area contributed by atoms with Gasteiger partial charge in [-0.3, -0.25) is 0 Å². The Balaban J connectivity index is 1.37. The molecule has 140 valence electrons. The predicted octanol–water partition coefficient (Wildman–Crippen LogP) is 4.42. The minimum atomic E-state index is -0.472. The minimum Gasteiger partial charge on any atom is -0.452 e. The number of pyridine rings is 1. The van der Waals surface area contributed by atoms with Crippen LogP contribution in [0.2, 0.25) is 0 Å². The molecule has 1 aliphatic carbocycles. The number of benzene rings is 1. The van der Waals surface area contributed by atoms with E-state index in [1.807, 2.05) is 30.3 Å². The van der Waals surface area contributed by atoms with E-state index in [2.05, 4.69) is 15.1 Å². The second-order valence-electron chi connectivity index (χ2n) is 6.88. The lowest BCUT2D eigenvalue weighted by Gasteiger charge is -2.06. The molecule has 0 amide bonds. The molecule has 0 bridgehead atoms. The molecule has 0 unspecified atom stereocenters. The number of aromatic nitrogens is 3. The summed E-state index contributed by atoms with van der Waals surface area (Å²) in [6, 6.07) is 11.4. The van der Waals surface area contributed by atoms with E-state index < -0.39 is 5.97 Å². The van der Waals surface area contributed by atoms with Crippen molar-refractivity contribution in [3.05, 3.63) is 65.4 Å². The molecule has 3 heterocycles. The average Bonchev–Trinajstić information content (AvgIpc) is 3.36. The van der Waals surface area contributed by atoms with Gasteiger partial charge in [0, 0.05) is 17.2 Å². The Bertz CT molecular complexity index is 1160. The highest BCUT2D eigenvalue weighted by atomic mass is 16.5. The fourth-order valence-electron chi connectivity index (χ4n) is 3.18. The van der Waals surface area contributed by atoms with Gasteiger partial charge in [0.2, 0.25) is 5.89 Å². The van der Waals surface area contributed by atoms with Crippen LogP contribution in [0.25, 0.3) is 22.4 Å². The maximum absolute atomic E-state index is 12.8. The molecule has 1 fully saturated rings. The van der Waals surface area contributed by atoms with Gasteiger partial charge in [-0.1, -0.05) is 35.5 Å². The number of hydrogen-bond donors (Lipinski definition) is 0. The molecule has 7 heteroatoms. The molecule has 1 aliphatic rings. The van der Waals surface area contributed by atoms with E-state index in [1.54, 1.807) is 19.2 Å². The molecule has 0 atom stereocenters. The van der Waals surface area contributed by atoms with Gasteiger partial charge in [0.1, 0.15) is 0 Å². The summed E-state index contributed by atoms with van der Waals surface area (Å²) in [5.41, 5.74) is 3.16. The molecule has 0 spiro atoms. The first-order valence-corrected chi connectivity index (χ1v) is 9.13. The van der Waals surface area contributed by atoms with Gasteiger partial charge in [0.25, 0.3) is 5.71 Å². The number of carbonyl (C=O) groups is 1. The number of esters is 1. The number of oxazole rings is 1. The Hall–Kier alpha value is -3.48. The summed E-state index contributed by atoms with van der Waals surface area (Å²) in [6.07, 6.45) is 3.76. The number of aryl methyl sites for hydroxylation is 1. The fraction of sp³-hybridized carbons (Fsp3) is 0.238. The van der Waals surface area contributed by atoms with Crippen LogP contribution in [-0.4, -0.2) is 21.1 Å². The summed E-state index contributed by atoms with van der Waals surface area (Å²) >= 11 is 0. The molecular weight excluding hydrogens is 358 g/mol. The summed E-state index contributed by atoms with van der Waals surface area (Å²) in [5, 5.41) is 4.53. The summed E-state index contributed by atoms with van der Waals surface area (Å²) in [6.45, 7) is 1.72. The van der Waals surface area contributed by atoms with Crippen molar-refractivity contribution in [2.75, 3.05) is 0 Å². The molecule has 3 aromatic heterocycles. The summed E-state index contributed by atoms with van der Waals surface area (Å²) in [4.78, 5) is 21.5. The van der Waals surface area contributed by atoms with Crippen molar-refractivity contribution in [3.8, 4) is 11.3 Å². The van der Waals surface area contributed by atoms with Gasteiger partial charge in [0.15, 0.2) is 12.4 Å². The Morgan fingerprint density at radius 3 is 2.86 bits per heavy atom. The van der Waals surface area contributed by atoms with Crippen molar-refractivity contribution in [1.82, 2.24) is 15.1 Å². The van der Waals surface area contributed by atoms with Crippen LogP contribution in [-0.2, 0) is 11.3 Å². The molecule has 28 heavy (non-hydrogen) atoms. The van der Waals surface area contributed by atoms with Crippen LogP contribution in [0, 0.1) is 6.92 Å². The summed E-state index contributed by atoms with van der Waals surface area (Å²) in [5.74, 6) is 0.868. The standard InChI is InChI=1S/C21H17N3O4/c1-12-19-15(9-16(13-7-8-13)23-20(19)28-24-12)21(25)26-11-18-22-10-17(27-18)14-5-3-2-4-6-14/h2-6,9-10,13H,7-8,11H2,1H3. The predicted molar refractivity (Wildman–Crippen MR) is 99.6 cm³/mol. The molecular formula is C21H17N3O4. The Kier molecular flexibility index (Phi) is 3.93. The topological polar surface area (TPSA) is 91.2 Å². The fourth-order valence-corrected chi connectivity index (χ4v) is 3.18. The molecule has 1 aromatic carbocycles. The second-order valence-corrected chi connectivity index (χ2v) is 6.88. The summed E-state index contributed by atoms with van der Waals surface area (Å²) in [7, 11) is 0. The van der Waals surface area contributed by atoms with E-state index in [-0.39, 0.29) is 6.61 Å². The third-order valence-electron chi connectivity index (χ3n) is 4.79. The highest BCUT2D eigenvalue weighted by molar-refractivity contribution is 6.03. The lowest BCUT2D eigenvalue weighted by Crippen LogP contribution is -2.08. The van der Waals surface area contributed by atoms with Crippen LogP contribution in [0.15, 0.2) is 51.5 Å². The molecule has 0 saturated heterocycles. The molecule has 4 aromatic rings. The second kappa shape index (κ2) is 6.60. The smallest absolute Gasteiger partial charge is 0.339 e. The van der Waals surface area contributed by atoms with Gasteiger partial charge < -0.3 is 13.7 Å². The van der Waals surface area contributed by atoms with Crippen LogP contribution in [0.3, 0.4) is 0 Å². The first kappa shape index (κ1) is 16.7. The van der Waals surface area contributed by atoms with Gasteiger partial charge in [0.05, 0.1) is 22.8 Å². The zero-order chi connectivity index (χ0) is 19.1. The van der Waals surface area contributed by atoms with Gasteiger partial charge in [-0.25, -0.2) is 14.8 Å². The van der Waals surface area contributed by atoms with Gasteiger partial charge in [-0.2, -0.15) is 0 Å². The normalized spacial score (nSPS) is 13.8. The van der Waals surface area contributed by atoms with Crippen LogP contribution in [0.5, 0.6) is 0 Å². The number of rotatable bonds is 5. The highest BCUT2D eigenvalue weighted by Crippen LogP contribution is 2.40. The number of fused-ring (bicyclic) bond motifs is 1. The van der Waals surface area contributed by atoms with Gasteiger partial charge in [-0.15, -0.1) is 0 Å². The van der Waals surface area contributed by atoms with Gasteiger partial charge >= 0.3 is 5.97 Å². The van der Waals surface area contributed by atoms with Crippen molar-refractivity contribution >= 4 is 17.1 Å². The Morgan fingerprint density at radius 2 is 2.07 bits per heavy atom. The SMILES string of the molecule is Cc1noc2nc(C3CC3)cc(C(=O)OCc3ncc(-c4ccccc4)o3)c12. The van der Waals surface area contributed by atoms with Crippen LogP contribution < -0.4 is 0 Å². The minimum absolute atomic E-state index is 0.0570. The highest BCUT2D eigenvalue weighted by Gasteiger charge is 2.29. The van der Waals surface area contributed by atoms with E-state index in [1.165, 1.54) is 0 Å². The quantitative estimate of drug-likeness (QED) is 0.477. The lowest BCUT2D eigenvalue weighted by atomic mass is 10.1. The first-order valence-electron chi connectivity index (χ1n) is 9.13. The molecule has 0 radical (unpaired) electrons. The largest absolute Gasteiger partial charge is 0.452 e. The lowest BCUT2D eigenvalue weighted by molar-refractivity contribution is 0.0441. The van der Waals surface area contributed by atoms with Crippen molar-refractivity contribution < 1.29 is 18.5 Å². The van der Waals surface area contributed by atoms with E-state index in [0.717, 1.165) is 24.1 Å². The number of carbonyl (C=O) groups excluding carboxylic acids is 1. The maximum atomic E-state index is 12.8. The number of hydrogen-bond acceptors (Lipinski definition) is 7. The number of nitrogens with zero attached hydrogens (tertiary/aromatic N) is 3. The summed E-state index contributed by atoms with van der Waals surface area (Å²) < 4.78 is 16.4. The van der Waals surface area contributed by atoms with Crippen LogP contribution in [0.1, 0.15) is 46.4 Å². The Morgan fingerprint density at radius 1 is 1.25 bits per heavy atom. The van der Waals surface area contributed by atoms with Crippen LogP contribution >= 0.6 is 0 Å². The molecule has 0 N–H and O–H groups in total. The molecule has 1 saturated carbocycles. The van der Waals surface area contributed by atoms with E-state index in [0.29, 0.717) is 39.9 Å². The Labute approximate surface area is 160 Å². The average molecular weight is 375 g/mol. The van der Waals surface area contributed by atoms with E-state index in [4.69, 9.17) is 13.7 Å². The molecule has 7 nitrogen and oxygen atoms in total. The van der Waals surface area contributed by atoms with Crippen molar-refractivity contribution in [2.45, 2.75) is 32.3 Å². The van der Waals surface area contributed by atoms with Crippen molar-refractivity contribution in [3.63, 3.8) is 0 Å². The van der Waals surface area contributed by atoms with Crippen molar-refractivity contribution in [1.29, 1.82) is 0 Å². The van der Waals surface area contributed by atoms with Crippen LogP contribution in [0.4, 0.5) is 0 Å². The third-order valence-corrected chi connectivity index (χ3v) is 4.79. The van der Waals surface area contributed by atoms with E-state index in [9.17, 15) is 4.79 Å². The number of ether oxygens (including phenoxy) is 1.